The third kappa shape index (κ3) is 44.7. The van der Waals surface area contributed by atoms with E-state index in [0.717, 1.165) is 32.1 Å². The first-order valence-electron chi connectivity index (χ1n) is 26.7. The van der Waals surface area contributed by atoms with Crippen LogP contribution < -0.4 is 5.32 Å². The summed E-state index contributed by atoms with van der Waals surface area (Å²) in [5.74, 6) is -0.501. The minimum absolute atomic E-state index is 0.361. The highest BCUT2D eigenvalue weighted by Crippen LogP contribution is 2.17. The highest BCUT2D eigenvalue weighted by Gasteiger charge is 2.22. The van der Waals surface area contributed by atoms with Gasteiger partial charge in [-0.3, -0.25) is 4.79 Å². The molecule has 0 saturated heterocycles. The van der Waals surface area contributed by atoms with Crippen molar-refractivity contribution in [2.75, 3.05) is 6.61 Å². The molecule has 350 valence electrons. The number of aliphatic hydroxyl groups excluding tert-OH is 3. The largest absolute Gasteiger partial charge is 0.394 e. The van der Waals surface area contributed by atoms with Crippen molar-refractivity contribution in [1.29, 1.82) is 0 Å². The van der Waals surface area contributed by atoms with Crippen LogP contribution in [0.2, 0.25) is 0 Å². The van der Waals surface area contributed by atoms with Crippen LogP contribution in [0, 0.1) is 0 Å². The number of carbonyl (C=O) groups excluding carboxylic acids is 1. The van der Waals surface area contributed by atoms with Crippen molar-refractivity contribution >= 4 is 5.91 Å². The molecule has 3 unspecified atom stereocenters. The second-order valence-corrected chi connectivity index (χ2v) is 18.4. The normalized spacial score (nSPS) is 13.5. The van der Waals surface area contributed by atoms with E-state index in [1.54, 1.807) is 6.08 Å². The standard InChI is InChI=1S/C54H105NO4/c1-3-5-7-9-11-13-15-16-17-18-19-20-21-22-23-24-25-26-27-28-29-30-31-32-33-34-35-36-37-39-41-43-45-47-49-53(58)54(59)55-51(50-56)52(57)48-46-44-42-40-38-14-12-10-8-6-4-2/h24-25,46,48,51-53,56-58H,3-23,26-45,47,49-50H2,1-2H3,(H,55,59)/b25-24-,48-46+. The first kappa shape index (κ1) is 57.8. The van der Waals surface area contributed by atoms with E-state index in [1.807, 2.05) is 6.08 Å². The van der Waals surface area contributed by atoms with Gasteiger partial charge >= 0.3 is 0 Å². The summed E-state index contributed by atoms with van der Waals surface area (Å²) in [7, 11) is 0. The molecule has 0 aromatic rings. The molecule has 0 spiro atoms. The van der Waals surface area contributed by atoms with Gasteiger partial charge in [0.05, 0.1) is 18.8 Å². The average Bonchev–Trinajstić information content (AvgIpc) is 3.24. The Balaban J connectivity index is 3.46. The van der Waals surface area contributed by atoms with Gasteiger partial charge in [0, 0.05) is 0 Å². The van der Waals surface area contributed by atoms with Crippen LogP contribution >= 0.6 is 0 Å². The van der Waals surface area contributed by atoms with Gasteiger partial charge in [0.2, 0.25) is 5.91 Å². The molecule has 0 aliphatic carbocycles. The molecule has 4 N–H and O–H groups in total. The van der Waals surface area contributed by atoms with Crippen LogP contribution in [0.25, 0.3) is 0 Å². The predicted molar refractivity (Wildman–Crippen MR) is 259 cm³/mol. The summed E-state index contributed by atoms with van der Waals surface area (Å²) in [6.07, 6.45) is 62.7. The Hall–Kier alpha value is -1.17. The van der Waals surface area contributed by atoms with E-state index in [2.05, 4.69) is 31.3 Å². The summed E-state index contributed by atoms with van der Waals surface area (Å²) < 4.78 is 0. The highest BCUT2D eigenvalue weighted by molar-refractivity contribution is 5.80. The van der Waals surface area contributed by atoms with Crippen molar-refractivity contribution in [3.8, 4) is 0 Å². The van der Waals surface area contributed by atoms with Crippen LogP contribution in [-0.2, 0) is 4.79 Å². The second-order valence-electron chi connectivity index (χ2n) is 18.4. The lowest BCUT2D eigenvalue weighted by Crippen LogP contribution is -2.48. The molecule has 0 radical (unpaired) electrons. The number of allylic oxidation sites excluding steroid dienone is 3. The molecule has 0 heterocycles. The molecule has 0 aromatic carbocycles. The Morgan fingerprint density at radius 1 is 0.407 bits per heavy atom. The van der Waals surface area contributed by atoms with Crippen LogP contribution in [0.15, 0.2) is 24.3 Å². The molecule has 0 bridgehead atoms. The first-order valence-corrected chi connectivity index (χ1v) is 26.7. The van der Waals surface area contributed by atoms with Crippen LogP contribution in [0.4, 0.5) is 0 Å². The molecule has 0 saturated carbocycles. The molecule has 0 aliphatic heterocycles. The molecule has 0 fully saturated rings. The van der Waals surface area contributed by atoms with Crippen molar-refractivity contribution in [1.82, 2.24) is 5.32 Å². The van der Waals surface area contributed by atoms with Crippen LogP contribution in [-0.4, -0.2) is 46.1 Å². The van der Waals surface area contributed by atoms with Crippen molar-refractivity contribution in [2.45, 2.75) is 308 Å². The molecule has 0 aliphatic rings. The van der Waals surface area contributed by atoms with Gasteiger partial charge in [-0.05, 0) is 44.9 Å². The van der Waals surface area contributed by atoms with Gasteiger partial charge in [-0.25, -0.2) is 0 Å². The van der Waals surface area contributed by atoms with E-state index in [0.29, 0.717) is 6.42 Å². The summed E-state index contributed by atoms with van der Waals surface area (Å²) in [6, 6.07) is -0.794. The third-order valence-electron chi connectivity index (χ3n) is 12.5. The lowest BCUT2D eigenvalue weighted by Gasteiger charge is -2.21. The molecule has 5 nitrogen and oxygen atoms in total. The number of unbranched alkanes of at least 4 members (excludes halogenated alkanes) is 39. The van der Waals surface area contributed by atoms with Gasteiger partial charge in [-0.2, -0.15) is 0 Å². The monoisotopic (exact) mass is 832 g/mol. The zero-order valence-corrected chi connectivity index (χ0v) is 39.9. The lowest BCUT2D eigenvalue weighted by molar-refractivity contribution is -0.131. The lowest BCUT2D eigenvalue weighted by atomic mass is 10.0. The van der Waals surface area contributed by atoms with Crippen molar-refractivity contribution in [3.05, 3.63) is 24.3 Å². The van der Waals surface area contributed by atoms with Gasteiger partial charge in [0.15, 0.2) is 0 Å². The van der Waals surface area contributed by atoms with E-state index >= 15 is 0 Å². The van der Waals surface area contributed by atoms with Crippen LogP contribution in [0.3, 0.4) is 0 Å². The fraction of sp³-hybridized carbons (Fsp3) is 0.907. The molecular weight excluding hydrogens is 727 g/mol. The number of carbonyl (C=O) groups is 1. The summed E-state index contributed by atoms with van der Waals surface area (Å²) >= 11 is 0. The number of amides is 1. The van der Waals surface area contributed by atoms with Gasteiger partial charge in [0.25, 0.3) is 0 Å². The zero-order valence-electron chi connectivity index (χ0n) is 39.9. The average molecular weight is 832 g/mol. The van der Waals surface area contributed by atoms with E-state index in [4.69, 9.17) is 0 Å². The fourth-order valence-electron chi connectivity index (χ4n) is 8.36. The van der Waals surface area contributed by atoms with Crippen molar-refractivity contribution in [2.24, 2.45) is 0 Å². The number of rotatable bonds is 49. The molecular formula is C54H105NO4. The zero-order chi connectivity index (χ0) is 43.0. The molecule has 0 aromatic heterocycles. The summed E-state index contributed by atoms with van der Waals surface area (Å²) in [5.41, 5.74) is 0. The quantitative estimate of drug-likeness (QED) is 0.0363. The number of hydrogen-bond acceptors (Lipinski definition) is 4. The minimum Gasteiger partial charge on any atom is -0.394 e. The molecule has 1 amide bonds. The van der Waals surface area contributed by atoms with E-state index in [-0.39, 0.29) is 6.61 Å². The molecule has 59 heavy (non-hydrogen) atoms. The Kier molecular flexibility index (Phi) is 48.5. The maximum atomic E-state index is 12.5. The number of aliphatic hydroxyl groups is 3. The summed E-state index contributed by atoms with van der Waals surface area (Å²) in [6.45, 7) is 4.18. The predicted octanol–water partition coefficient (Wildman–Crippen LogP) is 16.1. The minimum atomic E-state index is -1.09. The van der Waals surface area contributed by atoms with E-state index < -0.39 is 24.2 Å². The maximum absolute atomic E-state index is 12.5. The third-order valence-corrected chi connectivity index (χ3v) is 12.5. The highest BCUT2D eigenvalue weighted by atomic mass is 16.3. The van der Waals surface area contributed by atoms with Crippen LogP contribution in [0.1, 0.15) is 290 Å². The summed E-state index contributed by atoms with van der Waals surface area (Å²) in [4.78, 5) is 12.5. The molecule has 0 rings (SSSR count). The van der Waals surface area contributed by atoms with Crippen LogP contribution in [0.5, 0.6) is 0 Å². The summed E-state index contributed by atoms with van der Waals surface area (Å²) in [5, 5.41) is 33.1. The van der Waals surface area contributed by atoms with Gasteiger partial charge in [-0.15, -0.1) is 0 Å². The second kappa shape index (κ2) is 49.5. The Labute approximate surface area is 369 Å². The van der Waals surface area contributed by atoms with Crippen molar-refractivity contribution in [3.63, 3.8) is 0 Å². The number of nitrogens with one attached hydrogen (secondary N) is 1. The van der Waals surface area contributed by atoms with E-state index in [9.17, 15) is 20.1 Å². The molecule has 3 atom stereocenters. The molecule has 5 heteroatoms. The van der Waals surface area contributed by atoms with Gasteiger partial charge < -0.3 is 20.6 Å². The number of hydrogen-bond donors (Lipinski definition) is 4. The van der Waals surface area contributed by atoms with E-state index in [1.165, 1.54) is 238 Å². The topological polar surface area (TPSA) is 89.8 Å². The first-order chi connectivity index (χ1) is 29.1. The van der Waals surface area contributed by atoms with Gasteiger partial charge in [-0.1, -0.05) is 269 Å². The Bertz CT molecular complexity index is 874. The fourth-order valence-corrected chi connectivity index (χ4v) is 8.36. The smallest absolute Gasteiger partial charge is 0.249 e. The van der Waals surface area contributed by atoms with Crippen molar-refractivity contribution < 1.29 is 20.1 Å². The Morgan fingerprint density at radius 3 is 0.983 bits per heavy atom. The van der Waals surface area contributed by atoms with Gasteiger partial charge in [0.1, 0.15) is 6.10 Å². The maximum Gasteiger partial charge on any atom is 0.249 e. The Morgan fingerprint density at radius 2 is 0.678 bits per heavy atom. The SMILES string of the molecule is CCCCCCCCCCC/C=C/C(O)C(CO)NC(=O)C(O)CCCCCCCCCCCCCCCCCC/C=C\CCCCCCCCCCCCCCCC.